The Morgan fingerprint density at radius 1 is 0.179 bits per heavy atom. The first-order chi connectivity index (χ1) is 38.8. The summed E-state index contributed by atoms with van der Waals surface area (Å²) in [6, 6.07) is 109. The molecule has 7 bridgehead atoms. The molecule has 0 unspecified atom stereocenters. The molecule has 0 heterocycles. The van der Waals surface area contributed by atoms with Crippen molar-refractivity contribution in [2.75, 3.05) is 0 Å². The third kappa shape index (κ3) is 7.44. The summed E-state index contributed by atoms with van der Waals surface area (Å²) in [6.07, 6.45) is 1.48. The monoisotopic (exact) mass is 988 g/mol. The van der Waals surface area contributed by atoms with E-state index in [4.69, 9.17) is 0 Å². The molecule has 364 valence electrons. The molecule has 14 aromatic carbocycles. The highest BCUT2D eigenvalue weighted by Gasteiger charge is 2.33. The molecular weight excluding hydrogens is 937 g/mol. The van der Waals surface area contributed by atoms with Gasteiger partial charge in [-0.15, -0.1) is 0 Å². The molecule has 0 amide bonds. The van der Waals surface area contributed by atoms with Gasteiger partial charge in [-0.25, -0.2) is 0 Å². The Balaban J connectivity index is 1.22. The van der Waals surface area contributed by atoms with Crippen LogP contribution in [0.5, 0.6) is 0 Å². The summed E-state index contributed by atoms with van der Waals surface area (Å²) >= 11 is 0. The van der Waals surface area contributed by atoms with E-state index >= 15 is 0 Å². The molecule has 14 aromatic rings. The zero-order valence-corrected chi connectivity index (χ0v) is 43.1. The zero-order chi connectivity index (χ0) is 51.5. The van der Waals surface area contributed by atoms with Crippen molar-refractivity contribution in [2.24, 2.45) is 0 Å². The molecule has 0 atom stereocenters. The van der Waals surface area contributed by atoms with Crippen molar-refractivity contribution in [3.63, 3.8) is 0 Å². The minimum absolute atomic E-state index is 0.740. The van der Waals surface area contributed by atoms with Gasteiger partial charge in [-0.05, 0) is 180 Å². The van der Waals surface area contributed by atoms with Crippen LogP contribution in [-0.4, -0.2) is 0 Å². The summed E-state index contributed by atoms with van der Waals surface area (Å²) in [5.41, 5.74) is 27.2. The van der Waals surface area contributed by atoms with E-state index in [1.165, 1.54) is 155 Å². The number of benzene rings is 14. The van der Waals surface area contributed by atoms with Crippen molar-refractivity contribution in [3.8, 4) is 111 Å². The SMILES string of the molecule is c1ccc(-c2c3c(c(-c4ccccc4)c(-c4ccccc4)c2-c2ccccc2)-c2cc4ccc5ccc(c6ccc(c2)c4c56)-c2c(c(-c4ccccc4)c(-c4ccccc4)c(-c4ccccc4)c2-c2ccccc2)CC3)cc1. The lowest BCUT2D eigenvalue weighted by Crippen LogP contribution is -2.08. The van der Waals surface area contributed by atoms with Crippen LogP contribution in [0.3, 0.4) is 0 Å². The van der Waals surface area contributed by atoms with Gasteiger partial charge in [-0.1, -0.05) is 279 Å². The predicted molar refractivity (Wildman–Crippen MR) is 332 cm³/mol. The number of rotatable bonds is 8. The standard InChI is InChI=1S/C78H52/c1-9-25-51(26-10-1)69-65-47-48-66-70(52-27-11-2-12-28-52)73(54-31-15-4-16-32-54)76(57-37-21-7-22-38-57)77(58-39-23-8-24-40-58)78(66)64-45-43-59-41-42-60-49-62(50-61-44-46-63(64)68(59)67(60)61)71(65)74(55-33-17-5-18-34-55)75(56-35-19-6-20-36-56)72(69)53-29-13-3-14-30-53/h1-46,49-50H,47-48H2. The molecule has 78 heavy (non-hydrogen) atoms. The van der Waals surface area contributed by atoms with Crippen LogP contribution in [0.1, 0.15) is 11.1 Å². The van der Waals surface area contributed by atoms with Gasteiger partial charge < -0.3 is 0 Å². The molecule has 0 N–H and O–H groups in total. The van der Waals surface area contributed by atoms with Crippen LogP contribution in [-0.2, 0) is 12.8 Å². The van der Waals surface area contributed by atoms with Crippen LogP contribution in [0.2, 0.25) is 0 Å². The maximum absolute atomic E-state index is 2.52. The number of fused-ring (bicyclic) bond motifs is 1. The Morgan fingerprint density at radius 2 is 0.436 bits per heavy atom. The molecule has 3 aliphatic rings. The minimum Gasteiger partial charge on any atom is -0.0622 e. The molecule has 0 fully saturated rings. The molecule has 0 radical (unpaired) electrons. The Morgan fingerprint density at radius 3 is 0.795 bits per heavy atom. The fraction of sp³-hybridized carbons (Fsp3) is 0.0256. The average molecular weight is 989 g/mol. The van der Waals surface area contributed by atoms with Crippen LogP contribution in [0.25, 0.3) is 144 Å². The first kappa shape index (κ1) is 45.5. The van der Waals surface area contributed by atoms with Gasteiger partial charge >= 0.3 is 0 Å². The topological polar surface area (TPSA) is 0 Å². The quantitative estimate of drug-likeness (QED) is 0.133. The lowest BCUT2D eigenvalue weighted by molar-refractivity contribution is 0.969. The fourth-order valence-corrected chi connectivity index (χ4v) is 13.4. The maximum Gasteiger partial charge on any atom is -0.00141 e. The Hall–Kier alpha value is -9.88. The normalized spacial score (nSPS) is 12.0. The predicted octanol–water partition coefficient (Wildman–Crippen LogP) is 21.4. The maximum atomic E-state index is 2.52. The molecule has 0 aromatic heterocycles. The molecule has 0 nitrogen and oxygen atoms in total. The Kier molecular flexibility index (Phi) is 11.1. The number of hydrogen-bond acceptors (Lipinski definition) is 0. The van der Waals surface area contributed by atoms with Crippen molar-refractivity contribution in [1.29, 1.82) is 0 Å². The van der Waals surface area contributed by atoms with Gasteiger partial charge in [0, 0.05) is 0 Å². The molecule has 0 saturated carbocycles. The first-order valence-corrected chi connectivity index (χ1v) is 27.4. The van der Waals surface area contributed by atoms with Gasteiger partial charge in [0.05, 0.1) is 0 Å². The minimum atomic E-state index is 0.740. The molecule has 0 heteroatoms. The van der Waals surface area contributed by atoms with Gasteiger partial charge in [0.1, 0.15) is 0 Å². The van der Waals surface area contributed by atoms with E-state index in [0.29, 0.717) is 0 Å². The summed E-state index contributed by atoms with van der Waals surface area (Å²) in [7, 11) is 0. The van der Waals surface area contributed by atoms with Crippen molar-refractivity contribution in [1.82, 2.24) is 0 Å². The highest BCUT2D eigenvalue weighted by atomic mass is 14.4. The molecule has 0 aliphatic heterocycles. The van der Waals surface area contributed by atoms with Gasteiger partial charge in [0.25, 0.3) is 0 Å². The Labute approximate surface area is 456 Å². The summed E-state index contributed by atoms with van der Waals surface area (Å²) < 4.78 is 0. The van der Waals surface area contributed by atoms with E-state index in [1.54, 1.807) is 0 Å². The van der Waals surface area contributed by atoms with E-state index in [9.17, 15) is 0 Å². The molecular formula is C78H52. The van der Waals surface area contributed by atoms with Gasteiger partial charge in [-0.3, -0.25) is 0 Å². The van der Waals surface area contributed by atoms with Gasteiger partial charge in [-0.2, -0.15) is 0 Å². The molecule has 3 aliphatic carbocycles. The van der Waals surface area contributed by atoms with E-state index in [0.717, 1.165) is 12.8 Å². The second-order valence-electron chi connectivity index (χ2n) is 20.8. The van der Waals surface area contributed by atoms with E-state index in [-0.39, 0.29) is 0 Å². The van der Waals surface area contributed by atoms with Crippen LogP contribution in [0.4, 0.5) is 0 Å². The van der Waals surface area contributed by atoms with Crippen molar-refractivity contribution in [2.45, 2.75) is 12.8 Å². The van der Waals surface area contributed by atoms with Crippen molar-refractivity contribution < 1.29 is 0 Å². The summed E-state index contributed by atoms with van der Waals surface area (Å²) in [4.78, 5) is 0. The third-order valence-corrected chi connectivity index (χ3v) is 16.5. The molecule has 17 rings (SSSR count). The highest BCUT2D eigenvalue weighted by Crippen LogP contribution is 2.58. The Bertz CT molecular complexity index is 4490. The summed E-state index contributed by atoms with van der Waals surface area (Å²) in [5, 5.41) is 7.63. The lowest BCUT2D eigenvalue weighted by atomic mass is 9.72. The van der Waals surface area contributed by atoms with Crippen LogP contribution in [0, 0.1) is 0 Å². The molecule has 0 spiro atoms. The molecule has 0 saturated heterocycles. The smallest absolute Gasteiger partial charge is 0.00141 e. The van der Waals surface area contributed by atoms with Crippen molar-refractivity contribution in [3.05, 3.63) is 302 Å². The summed E-state index contributed by atoms with van der Waals surface area (Å²) in [6.45, 7) is 0. The van der Waals surface area contributed by atoms with E-state index in [1.807, 2.05) is 0 Å². The van der Waals surface area contributed by atoms with Crippen LogP contribution < -0.4 is 0 Å². The van der Waals surface area contributed by atoms with Crippen molar-refractivity contribution >= 4 is 32.3 Å². The van der Waals surface area contributed by atoms with E-state index in [2.05, 4.69) is 291 Å². The van der Waals surface area contributed by atoms with E-state index < -0.39 is 0 Å². The van der Waals surface area contributed by atoms with Crippen LogP contribution in [0.15, 0.2) is 291 Å². The first-order valence-electron chi connectivity index (χ1n) is 27.4. The van der Waals surface area contributed by atoms with Crippen LogP contribution >= 0.6 is 0 Å². The highest BCUT2D eigenvalue weighted by molar-refractivity contribution is 6.28. The second-order valence-corrected chi connectivity index (χ2v) is 20.8. The summed E-state index contributed by atoms with van der Waals surface area (Å²) in [5.74, 6) is 0. The third-order valence-electron chi connectivity index (χ3n) is 16.5. The average Bonchev–Trinajstić information content (AvgIpc) is 3.70. The number of hydrogen-bond donors (Lipinski definition) is 0. The van der Waals surface area contributed by atoms with Gasteiger partial charge in [0.2, 0.25) is 0 Å². The lowest BCUT2D eigenvalue weighted by Gasteiger charge is -2.30. The fourth-order valence-electron chi connectivity index (χ4n) is 13.4. The second kappa shape index (κ2) is 19.0. The largest absolute Gasteiger partial charge is 0.0622 e. The zero-order valence-electron chi connectivity index (χ0n) is 43.1. The van der Waals surface area contributed by atoms with Gasteiger partial charge in [0.15, 0.2) is 0 Å².